The van der Waals surface area contributed by atoms with Crippen LogP contribution in [0.2, 0.25) is 0 Å². The van der Waals surface area contributed by atoms with Gasteiger partial charge in [-0.2, -0.15) is 11.3 Å². The minimum absolute atomic E-state index is 1.16. The van der Waals surface area contributed by atoms with Crippen LogP contribution in [0.5, 0.6) is 0 Å². The molecule has 1 heterocycles. The standard InChI is InChI=1S/C8H4Br2S/c9-7-1-2-8(10)6-4-11-3-5(6)7/h1-4H. The summed E-state index contributed by atoms with van der Waals surface area (Å²) in [5.41, 5.74) is 0. The van der Waals surface area contributed by atoms with Gasteiger partial charge in [-0.05, 0) is 22.9 Å². The molecule has 1 aromatic heterocycles. The third-order valence-electron chi connectivity index (χ3n) is 1.55. The lowest BCUT2D eigenvalue weighted by molar-refractivity contribution is 1.73. The van der Waals surface area contributed by atoms with Gasteiger partial charge in [-0.15, -0.1) is 0 Å². The highest BCUT2D eigenvalue weighted by molar-refractivity contribution is 9.11. The van der Waals surface area contributed by atoms with Crippen LogP contribution in [-0.2, 0) is 0 Å². The maximum absolute atomic E-state index is 3.50. The van der Waals surface area contributed by atoms with Gasteiger partial charge in [0, 0.05) is 19.7 Å². The number of hydrogen-bond donors (Lipinski definition) is 0. The van der Waals surface area contributed by atoms with E-state index >= 15 is 0 Å². The van der Waals surface area contributed by atoms with Crippen LogP contribution in [0.1, 0.15) is 0 Å². The Morgan fingerprint density at radius 2 is 1.36 bits per heavy atom. The van der Waals surface area contributed by atoms with Crippen LogP contribution < -0.4 is 0 Å². The second-order valence-corrected chi connectivity index (χ2v) is 4.68. The molecule has 0 saturated heterocycles. The molecule has 0 aliphatic heterocycles. The Kier molecular flexibility index (Phi) is 2.04. The van der Waals surface area contributed by atoms with Crippen molar-refractivity contribution in [2.45, 2.75) is 0 Å². The molecule has 11 heavy (non-hydrogen) atoms. The Morgan fingerprint density at radius 3 is 1.82 bits per heavy atom. The minimum Gasteiger partial charge on any atom is -0.151 e. The summed E-state index contributed by atoms with van der Waals surface area (Å²) in [5.74, 6) is 0. The van der Waals surface area contributed by atoms with Crippen LogP contribution in [0, 0.1) is 0 Å². The smallest absolute Gasteiger partial charge is 0.0262 e. The van der Waals surface area contributed by atoms with E-state index in [0.717, 1.165) is 8.95 Å². The fourth-order valence-corrected chi connectivity index (χ4v) is 3.06. The zero-order valence-electron chi connectivity index (χ0n) is 5.47. The number of hydrogen-bond acceptors (Lipinski definition) is 1. The van der Waals surface area contributed by atoms with Crippen LogP contribution >= 0.6 is 43.2 Å². The molecule has 0 aliphatic rings. The number of fused-ring (bicyclic) bond motifs is 1. The lowest BCUT2D eigenvalue weighted by Crippen LogP contribution is -1.68. The second kappa shape index (κ2) is 2.88. The molecule has 0 radical (unpaired) electrons. The largest absolute Gasteiger partial charge is 0.151 e. The topological polar surface area (TPSA) is 0 Å². The van der Waals surface area contributed by atoms with E-state index in [2.05, 4.69) is 54.8 Å². The van der Waals surface area contributed by atoms with Crippen molar-refractivity contribution in [2.24, 2.45) is 0 Å². The Bertz CT molecular complexity index is 356. The van der Waals surface area contributed by atoms with Gasteiger partial charge in [0.2, 0.25) is 0 Å². The van der Waals surface area contributed by atoms with Crippen molar-refractivity contribution in [3.63, 3.8) is 0 Å². The molecular weight excluding hydrogens is 288 g/mol. The van der Waals surface area contributed by atoms with Crippen molar-refractivity contribution in [1.82, 2.24) is 0 Å². The minimum atomic E-state index is 1.16. The van der Waals surface area contributed by atoms with Crippen molar-refractivity contribution in [1.29, 1.82) is 0 Å². The van der Waals surface area contributed by atoms with Gasteiger partial charge in [0.15, 0.2) is 0 Å². The van der Waals surface area contributed by atoms with E-state index in [-0.39, 0.29) is 0 Å². The first-order chi connectivity index (χ1) is 5.29. The van der Waals surface area contributed by atoms with E-state index in [1.807, 2.05) is 0 Å². The van der Waals surface area contributed by atoms with Crippen molar-refractivity contribution in [2.75, 3.05) is 0 Å². The van der Waals surface area contributed by atoms with Crippen molar-refractivity contribution >= 4 is 54.0 Å². The van der Waals surface area contributed by atoms with Crippen molar-refractivity contribution in [3.05, 3.63) is 31.8 Å². The molecule has 0 N–H and O–H groups in total. The van der Waals surface area contributed by atoms with E-state index in [1.54, 1.807) is 11.3 Å². The number of thiophene rings is 1. The van der Waals surface area contributed by atoms with E-state index in [1.165, 1.54) is 10.8 Å². The van der Waals surface area contributed by atoms with Gasteiger partial charge in [0.25, 0.3) is 0 Å². The Morgan fingerprint density at radius 1 is 0.909 bits per heavy atom. The summed E-state index contributed by atoms with van der Waals surface area (Å²) in [4.78, 5) is 0. The van der Waals surface area contributed by atoms with Gasteiger partial charge in [0.1, 0.15) is 0 Å². The van der Waals surface area contributed by atoms with Crippen LogP contribution in [0.15, 0.2) is 31.8 Å². The first-order valence-electron chi connectivity index (χ1n) is 3.09. The highest BCUT2D eigenvalue weighted by Gasteiger charge is 2.01. The summed E-state index contributed by atoms with van der Waals surface area (Å²) in [5, 5.41) is 6.85. The summed E-state index contributed by atoms with van der Waals surface area (Å²) >= 11 is 8.71. The van der Waals surface area contributed by atoms with Gasteiger partial charge in [-0.3, -0.25) is 0 Å². The Hall–Kier alpha value is 0.140. The zero-order valence-corrected chi connectivity index (χ0v) is 9.46. The maximum Gasteiger partial charge on any atom is 0.0262 e. The van der Waals surface area contributed by atoms with Crippen LogP contribution in [0.25, 0.3) is 10.8 Å². The number of rotatable bonds is 0. The fourth-order valence-electron chi connectivity index (χ4n) is 0.993. The van der Waals surface area contributed by atoms with Crippen LogP contribution in [0.3, 0.4) is 0 Å². The van der Waals surface area contributed by atoms with Crippen molar-refractivity contribution in [3.8, 4) is 0 Å². The molecule has 2 rings (SSSR count). The summed E-state index contributed by atoms with van der Waals surface area (Å²) in [6, 6.07) is 4.11. The lowest BCUT2D eigenvalue weighted by Gasteiger charge is -1.95. The maximum atomic E-state index is 3.50. The van der Waals surface area contributed by atoms with Gasteiger partial charge < -0.3 is 0 Å². The summed E-state index contributed by atoms with van der Waals surface area (Å²) in [6.45, 7) is 0. The van der Waals surface area contributed by atoms with Gasteiger partial charge in [-0.25, -0.2) is 0 Å². The molecule has 0 unspecified atom stereocenters. The van der Waals surface area contributed by atoms with Crippen LogP contribution in [-0.4, -0.2) is 0 Å². The highest BCUT2D eigenvalue weighted by Crippen LogP contribution is 2.32. The molecule has 2 aromatic rings. The molecule has 56 valence electrons. The molecule has 3 heteroatoms. The number of halogens is 2. The monoisotopic (exact) mass is 290 g/mol. The molecule has 0 atom stereocenters. The molecule has 0 saturated carbocycles. The molecule has 0 bridgehead atoms. The summed E-state index contributed by atoms with van der Waals surface area (Å²) in [7, 11) is 0. The molecule has 0 spiro atoms. The Labute approximate surface area is 85.5 Å². The second-order valence-electron chi connectivity index (χ2n) is 2.23. The molecule has 0 nitrogen and oxygen atoms in total. The molecular formula is C8H4Br2S. The van der Waals surface area contributed by atoms with E-state index in [4.69, 9.17) is 0 Å². The van der Waals surface area contributed by atoms with Gasteiger partial charge >= 0.3 is 0 Å². The third kappa shape index (κ3) is 1.25. The van der Waals surface area contributed by atoms with E-state index in [9.17, 15) is 0 Å². The zero-order chi connectivity index (χ0) is 7.84. The van der Waals surface area contributed by atoms with E-state index < -0.39 is 0 Å². The predicted octanol–water partition coefficient (Wildman–Crippen LogP) is 4.43. The first kappa shape index (κ1) is 7.77. The summed E-state index contributed by atoms with van der Waals surface area (Å²) in [6.07, 6.45) is 0. The first-order valence-corrected chi connectivity index (χ1v) is 5.62. The lowest BCUT2D eigenvalue weighted by atomic mass is 10.2. The SMILES string of the molecule is Brc1ccc(Br)c2cscc12. The molecule has 0 aliphatic carbocycles. The quantitative estimate of drug-likeness (QED) is 0.674. The molecule has 1 aromatic carbocycles. The number of benzene rings is 1. The average Bonchev–Trinajstić information content (AvgIpc) is 2.45. The summed E-state index contributed by atoms with van der Waals surface area (Å²) < 4.78 is 2.33. The molecule has 0 amide bonds. The van der Waals surface area contributed by atoms with Crippen LogP contribution in [0.4, 0.5) is 0 Å². The normalized spacial score (nSPS) is 10.7. The van der Waals surface area contributed by atoms with E-state index in [0.29, 0.717) is 0 Å². The molecule has 0 fully saturated rings. The van der Waals surface area contributed by atoms with Gasteiger partial charge in [0.05, 0.1) is 0 Å². The predicted molar refractivity (Wildman–Crippen MR) is 57.2 cm³/mol. The van der Waals surface area contributed by atoms with Gasteiger partial charge in [-0.1, -0.05) is 31.9 Å². The highest BCUT2D eigenvalue weighted by atomic mass is 79.9. The van der Waals surface area contributed by atoms with Crippen molar-refractivity contribution < 1.29 is 0 Å². The fraction of sp³-hybridized carbons (Fsp3) is 0. The third-order valence-corrected chi connectivity index (χ3v) is 3.68. The average molecular weight is 292 g/mol. The Balaban J connectivity index is 2.96.